The van der Waals surface area contributed by atoms with E-state index in [1.54, 1.807) is 34.7 Å². The Morgan fingerprint density at radius 2 is 1.60 bits per heavy atom. The number of amides is 4. The number of aliphatic hydroxyl groups excluding tert-OH is 1. The number of β-amino-alcohol motifs (C(OH)–C–C–N with tert-alkyl or cyclic N) is 1. The van der Waals surface area contributed by atoms with Crippen molar-refractivity contribution in [2.75, 3.05) is 84.8 Å². The first kappa shape index (κ1) is 51.9. The maximum atomic E-state index is 15.5. The van der Waals surface area contributed by atoms with Gasteiger partial charge in [-0.05, 0) is 84.9 Å². The number of carbonyl (C=O) groups is 5. The molecule has 1 fully saturated rings. The maximum Gasteiger partial charge on any atom is 0.335 e. The average molecular weight is 951 g/mol. The van der Waals surface area contributed by atoms with Crippen LogP contribution in [0.5, 0.6) is 17.2 Å². The van der Waals surface area contributed by atoms with Crippen LogP contribution in [0.25, 0.3) is 11.1 Å². The molecule has 20 heteroatoms. The van der Waals surface area contributed by atoms with E-state index >= 15 is 4.39 Å². The minimum Gasteiger partial charge on any atom is -0.487 e. The number of likely N-dealkylation sites (tertiary alicyclic amines) is 1. The third kappa shape index (κ3) is 16.7. The first-order chi connectivity index (χ1) is 32.1. The number of likely N-dealkylation sites (N-methyl/N-ethyl adjacent to an activating group) is 1. The maximum absolute atomic E-state index is 15.5. The lowest BCUT2D eigenvalue weighted by atomic mass is 9.85. The summed E-state index contributed by atoms with van der Waals surface area (Å²) in [5.41, 5.74) is 1.72. The van der Waals surface area contributed by atoms with Gasteiger partial charge in [0.05, 0.1) is 44.5 Å². The number of aromatic carboxylic acids is 1. The summed E-state index contributed by atoms with van der Waals surface area (Å²) in [6, 6.07) is 12.8. The van der Waals surface area contributed by atoms with E-state index < -0.39 is 35.3 Å². The Morgan fingerprint density at radius 3 is 2.24 bits per heavy atom. The van der Waals surface area contributed by atoms with E-state index in [4.69, 9.17) is 23.7 Å². The highest BCUT2D eigenvalue weighted by atomic mass is 32.1. The Labute approximate surface area is 392 Å². The van der Waals surface area contributed by atoms with Gasteiger partial charge in [-0.25, -0.2) is 14.2 Å². The van der Waals surface area contributed by atoms with E-state index in [1.807, 2.05) is 27.8 Å². The van der Waals surface area contributed by atoms with Crippen LogP contribution in [0.1, 0.15) is 48.7 Å². The van der Waals surface area contributed by atoms with Crippen molar-refractivity contribution in [1.29, 1.82) is 0 Å². The summed E-state index contributed by atoms with van der Waals surface area (Å²) in [4.78, 5) is 68.0. The van der Waals surface area contributed by atoms with Crippen molar-refractivity contribution in [3.63, 3.8) is 0 Å². The van der Waals surface area contributed by atoms with Crippen LogP contribution in [0.3, 0.4) is 0 Å². The monoisotopic (exact) mass is 950 g/mol. The summed E-state index contributed by atoms with van der Waals surface area (Å²) < 4.78 is 44.3. The Bertz CT molecular complexity index is 2280. The zero-order valence-corrected chi connectivity index (χ0v) is 38.9. The SMILES string of the molecule is CNCCc1cc(OCCOCCNC(=O)COCCOCC(=O)NC(C(=O)N2CC[C@@H](O)C2)C(C)(C)C)c(Oc2ccc(-c3ccc(C(=O)O)cc3)c(F)c2)cc1CC(=O)Nc1nccs1. The fraction of sp³-hybridized carbons (Fsp3) is 0.447. The van der Waals surface area contributed by atoms with Crippen molar-refractivity contribution in [1.82, 2.24) is 25.8 Å². The number of anilines is 1. The van der Waals surface area contributed by atoms with Gasteiger partial charge in [-0.3, -0.25) is 19.2 Å². The van der Waals surface area contributed by atoms with Gasteiger partial charge in [-0.1, -0.05) is 32.9 Å². The predicted octanol–water partition coefficient (Wildman–Crippen LogP) is 4.05. The molecule has 5 rings (SSSR count). The third-order valence-corrected chi connectivity index (χ3v) is 11.0. The number of rotatable bonds is 26. The summed E-state index contributed by atoms with van der Waals surface area (Å²) in [5, 5.41) is 32.6. The van der Waals surface area contributed by atoms with Crippen LogP contribution in [0, 0.1) is 11.2 Å². The number of halogens is 1. The molecule has 362 valence electrons. The largest absolute Gasteiger partial charge is 0.487 e. The summed E-state index contributed by atoms with van der Waals surface area (Å²) in [7, 11) is 1.82. The van der Waals surface area contributed by atoms with E-state index in [-0.39, 0.29) is 106 Å². The number of aromatic nitrogens is 1. The number of carbonyl (C=O) groups excluding carboxylic acids is 4. The Kier molecular flexibility index (Phi) is 20.0. The Balaban J connectivity index is 1.08. The topological polar surface area (TPSA) is 236 Å². The third-order valence-electron chi connectivity index (χ3n) is 10.3. The number of carboxylic acids is 1. The second-order valence-electron chi connectivity index (χ2n) is 16.6. The van der Waals surface area contributed by atoms with Crippen molar-refractivity contribution < 1.29 is 62.3 Å². The Hall–Kier alpha value is -6.03. The number of ether oxygens (including phenoxy) is 5. The van der Waals surface area contributed by atoms with Gasteiger partial charge < -0.3 is 60.1 Å². The smallest absolute Gasteiger partial charge is 0.335 e. The predicted molar refractivity (Wildman–Crippen MR) is 247 cm³/mol. The summed E-state index contributed by atoms with van der Waals surface area (Å²) >= 11 is 1.29. The number of aliphatic hydroxyl groups is 1. The highest BCUT2D eigenvalue weighted by molar-refractivity contribution is 7.13. The minimum absolute atomic E-state index is 0.00329. The number of nitrogens with one attached hydrogen (secondary N) is 4. The molecule has 0 spiro atoms. The van der Waals surface area contributed by atoms with Crippen molar-refractivity contribution in [3.05, 3.63) is 88.7 Å². The van der Waals surface area contributed by atoms with Crippen LogP contribution in [-0.4, -0.2) is 141 Å². The quantitative estimate of drug-likeness (QED) is 0.0488. The van der Waals surface area contributed by atoms with Crippen LogP contribution >= 0.6 is 11.3 Å². The number of thiazole rings is 1. The van der Waals surface area contributed by atoms with Crippen LogP contribution in [0.2, 0.25) is 0 Å². The molecule has 3 aromatic carbocycles. The zero-order valence-electron chi connectivity index (χ0n) is 38.1. The van der Waals surface area contributed by atoms with Gasteiger partial charge in [0.15, 0.2) is 16.6 Å². The van der Waals surface area contributed by atoms with Crippen LogP contribution in [0.4, 0.5) is 9.52 Å². The molecular formula is C47H59FN6O12S. The highest BCUT2D eigenvalue weighted by Gasteiger charge is 2.38. The fourth-order valence-electron chi connectivity index (χ4n) is 6.88. The van der Waals surface area contributed by atoms with Gasteiger partial charge in [0.2, 0.25) is 23.6 Å². The van der Waals surface area contributed by atoms with Crippen molar-refractivity contribution in [2.24, 2.45) is 5.41 Å². The molecule has 1 aromatic heterocycles. The molecule has 1 unspecified atom stereocenters. The van der Waals surface area contributed by atoms with Gasteiger partial charge in [0.25, 0.3) is 0 Å². The van der Waals surface area contributed by atoms with E-state index in [9.17, 15) is 34.2 Å². The highest BCUT2D eigenvalue weighted by Crippen LogP contribution is 2.37. The molecule has 4 aromatic rings. The van der Waals surface area contributed by atoms with Crippen molar-refractivity contribution >= 4 is 46.1 Å². The summed E-state index contributed by atoms with van der Waals surface area (Å²) in [6.45, 7) is 6.93. The molecule has 4 amide bonds. The van der Waals surface area contributed by atoms with Gasteiger partial charge in [-0.15, -0.1) is 11.3 Å². The zero-order chi connectivity index (χ0) is 48.3. The molecule has 2 heterocycles. The van der Waals surface area contributed by atoms with Crippen molar-refractivity contribution in [3.8, 4) is 28.4 Å². The molecular weight excluding hydrogens is 892 g/mol. The second-order valence-corrected chi connectivity index (χ2v) is 17.5. The normalized spacial score (nSPS) is 14.1. The Morgan fingerprint density at radius 1 is 0.881 bits per heavy atom. The lowest BCUT2D eigenvalue weighted by molar-refractivity contribution is -0.140. The van der Waals surface area contributed by atoms with Crippen molar-refractivity contribution in [2.45, 2.75) is 52.2 Å². The van der Waals surface area contributed by atoms with Gasteiger partial charge in [-0.2, -0.15) is 0 Å². The lowest BCUT2D eigenvalue weighted by Gasteiger charge is -2.33. The molecule has 0 bridgehead atoms. The minimum atomic E-state index is -1.09. The molecule has 2 atom stereocenters. The van der Waals surface area contributed by atoms with E-state index in [2.05, 4.69) is 26.3 Å². The molecule has 1 aliphatic heterocycles. The molecule has 0 saturated carbocycles. The number of nitrogens with zero attached hydrogens (tertiary/aromatic N) is 2. The summed E-state index contributed by atoms with van der Waals surface area (Å²) in [6.07, 6.45) is 2.07. The number of hydrogen-bond acceptors (Lipinski definition) is 14. The van der Waals surface area contributed by atoms with Crippen LogP contribution < -0.4 is 30.7 Å². The van der Waals surface area contributed by atoms with Gasteiger partial charge in [0.1, 0.15) is 37.4 Å². The van der Waals surface area contributed by atoms with Crippen LogP contribution in [0.15, 0.2) is 66.2 Å². The fourth-order valence-corrected chi connectivity index (χ4v) is 7.42. The van der Waals surface area contributed by atoms with Gasteiger partial charge in [0, 0.05) is 42.8 Å². The molecule has 1 saturated heterocycles. The molecule has 0 aliphatic carbocycles. The van der Waals surface area contributed by atoms with Gasteiger partial charge >= 0.3 is 5.97 Å². The first-order valence-corrected chi connectivity index (χ1v) is 22.7. The molecule has 18 nitrogen and oxygen atoms in total. The van der Waals surface area contributed by atoms with E-state index in [1.165, 1.54) is 47.7 Å². The average Bonchev–Trinajstić information content (AvgIpc) is 3.97. The number of carboxylic acid groups (broad SMARTS) is 1. The number of benzene rings is 3. The standard InChI is InChI=1S/C47H59FN6O12S/c1-47(2,3)43(44(59)54-16-12-34(55)27-54)52-42(58)29-64-19-18-63-28-41(57)50-14-17-62-20-21-65-38-23-32(11-13-49-4)33(25-40(56)53-46-51-15-22-67-46)24-39(38)66-35-9-10-36(37(48)26-35)30-5-7-31(8-6-30)45(60)61/h5-10,15,22-24,26,34,43,49,55H,11-14,16-21,25,27-29H2,1-4H3,(H,50,57)(H,52,58)(H,60,61)(H,51,53,56)/t34-,43?/m1/s1. The lowest BCUT2D eigenvalue weighted by Crippen LogP contribution is -2.55. The van der Waals surface area contributed by atoms with E-state index in [0.29, 0.717) is 47.9 Å². The number of hydrogen-bond donors (Lipinski definition) is 6. The van der Waals surface area contributed by atoms with E-state index in [0.717, 1.165) is 5.56 Å². The molecule has 0 radical (unpaired) electrons. The molecule has 6 N–H and O–H groups in total. The second kappa shape index (κ2) is 25.8. The molecule has 1 aliphatic rings. The first-order valence-electron chi connectivity index (χ1n) is 21.8. The van der Waals surface area contributed by atoms with Crippen LogP contribution in [-0.2, 0) is 46.2 Å². The summed E-state index contributed by atoms with van der Waals surface area (Å²) in [5.74, 6) is -2.37. The molecule has 67 heavy (non-hydrogen) atoms.